The summed E-state index contributed by atoms with van der Waals surface area (Å²) in [6, 6.07) is -0.882. The first-order valence-corrected chi connectivity index (χ1v) is 4.54. The van der Waals surface area contributed by atoms with Crippen LogP contribution in [0.4, 0.5) is 13.2 Å². The van der Waals surface area contributed by atoms with E-state index < -0.39 is 18.1 Å². The van der Waals surface area contributed by atoms with Crippen LogP contribution in [0, 0.1) is 0 Å². The number of nitrogens with two attached hydrogens (primary N) is 1. The third-order valence-electron chi connectivity index (χ3n) is 2.39. The molecule has 1 saturated carbocycles. The first kappa shape index (κ1) is 11.3. The van der Waals surface area contributed by atoms with Gasteiger partial charge in [0, 0.05) is 12.1 Å². The average molecular weight is 210 g/mol. The predicted octanol–water partition coefficient (Wildman–Crippen LogP) is 0.935. The summed E-state index contributed by atoms with van der Waals surface area (Å²) in [5.41, 5.74) is 5.59. The Kier molecular flexibility index (Phi) is 3.36. The normalized spacial score (nSPS) is 28.6. The van der Waals surface area contributed by atoms with Crippen molar-refractivity contribution < 1.29 is 18.0 Å². The number of carbonyl (C=O) groups excluding carboxylic acids is 1. The molecular weight excluding hydrogens is 197 g/mol. The van der Waals surface area contributed by atoms with Crippen LogP contribution in [0.5, 0.6) is 0 Å². The van der Waals surface area contributed by atoms with Gasteiger partial charge in [-0.15, -0.1) is 0 Å². The van der Waals surface area contributed by atoms with Gasteiger partial charge in [0.05, 0.1) is 0 Å². The molecule has 0 aromatic heterocycles. The summed E-state index contributed by atoms with van der Waals surface area (Å²) in [6.45, 7) is 0. The second-order valence-electron chi connectivity index (χ2n) is 3.53. The maximum absolute atomic E-state index is 11.9. The monoisotopic (exact) mass is 210 g/mol. The Bertz CT molecular complexity index is 217. The van der Waals surface area contributed by atoms with Crippen molar-refractivity contribution in [3.63, 3.8) is 0 Å². The number of amides is 1. The molecule has 82 valence electrons. The molecule has 3 N–H and O–H groups in total. The second kappa shape index (κ2) is 4.16. The van der Waals surface area contributed by atoms with E-state index in [2.05, 4.69) is 0 Å². The molecule has 0 aromatic rings. The van der Waals surface area contributed by atoms with Gasteiger partial charge in [-0.1, -0.05) is 12.8 Å². The number of hydrogen-bond acceptors (Lipinski definition) is 2. The van der Waals surface area contributed by atoms with Gasteiger partial charge in [0.15, 0.2) is 0 Å². The molecule has 6 heteroatoms. The third-order valence-corrected chi connectivity index (χ3v) is 2.39. The minimum atomic E-state index is -4.81. The van der Waals surface area contributed by atoms with Gasteiger partial charge < -0.3 is 11.1 Å². The van der Waals surface area contributed by atoms with E-state index in [1.165, 1.54) is 0 Å². The Labute approximate surface area is 79.8 Å². The molecule has 1 fully saturated rings. The highest BCUT2D eigenvalue weighted by Gasteiger charge is 2.40. The molecule has 0 heterocycles. The van der Waals surface area contributed by atoms with E-state index in [-0.39, 0.29) is 6.04 Å². The molecule has 0 spiro atoms. The Hall–Kier alpha value is -0.780. The zero-order valence-electron chi connectivity index (χ0n) is 7.60. The van der Waals surface area contributed by atoms with E-state index in [0.717, 1.165) is 12.8 Å². The van der Waals surface area contributed by atoms with Gasteiger partial charge in [0.1, 0.15) is 0 Å². The highest BCUT2D eigenvalue weighted by atomic mass is 19.4. The van der Waals surface area contributed by atoms with Crippen LogP contribution in [0.1, 0.15) is 25.7 Å². The van der Waals surface area contributed by atoms with Crippen molar-refractivity contribution in [1.29, 1.82) is 0 Å². The highest BCUT2D eigenvalue weighted by molar-refractivity contribution is 5.82. The fourth-order valence-electron chi connectivity index (χ4n) is 1.59. The van der Waals surface area contributed by atoms with Crippen LogP contribution >= 0.6 is 0 Å². The Balaban J connectivity index is 2.46. The summed E-state index contributed by atoms with van der Waals surface area (Å²) < 4.78 is 35.6. The highest BCUT2D eigenvalue weighted by Crippen LogP contribution is 2.20. The van der Waals surface area contributed by atoms with Gasteiger partial charge in [0.25, 0.3) is 0 Å². The lowest BCUT2D eigenvalue weighted by Gasteiger charge is -2.29. The van der Waals surface area contributed by atoms with Crippen molar-refractivity contribution in [1.82, 2.24) is 5.32 Å². The molecule has 0 aromatic carbocycles. The van der Waals surface area contributed by atoms with Crippen LogP contribution in [-0.4, -0.2) is 24.2 Å². The number of carbonyl (C=O) groups is 1. The molecule has 1 amide bonds. The first-order chi connectivity index (χ1) is 6.41. The molecule has 0 radical (unpaired) electrons. The Morgan fingerprint density at radius 3 is 2.36 bits per heavy atom. The van der Waals surface area contributed by atoms with Gasteiger partial charge in [0.2, 0.25) is 0 Å². The van der Waals surface area contributed by atoms with Gasteiger partial charge in [-0.25, -0.2) is 0 Å². The number of rotatable bonds is 1. The maximum Gasteiger partial charge on any atom is 0.471 e. The zero-order valence-corrected chi connectivity index (χ0v) is 7.60. The fraction of sp³-hybridized carbons (Fsp3) is 0.875. The molecule has 1 unspecified atom stereocenters. The summed E-state index contributed by atoms with van der Waals surface area (Å²) in [5.74, 6) is -1.89. The largest absolute Gasteiger partial charge is 0.471 e. The summed E-state index contributed by atoms with van der Waals surface area (Å²) in [4.78, 5) is 10.6. The van der Waals surface area contributed by atoms with E-state index in [4.69, 9.17) is 5.73 Å². The quantitative estimate of drug-likeness (QED) is 0.676. The lowest BCUT2D eigenvalue weighted by Crippen LogP contribution is -2.52. The Morgan fingerprint density at radius 1 is 1.29 bits per heavy atom. The molecule has 0 bridgehead atoms. The van der Waals surface area contributed by atoms with Crippen molar-refractivity contribution in [3.8, 4) is 0 Å². The first-order valence-electron chi connectivity index (χ1n) is 4.54. The number of hydrogen-bond donors (Lipinski definition) is 2. The molecule has 1 aliphatic rings. The summed E-state index contributed by atoms with van der Waals surface area (Å²) >= 11 is 0. The van der Waals surface area contributed by atoms with E-state index >= 15 is 0 Å². The van der Waals surface area contributed by atoms with Crippen LogP contribution in [-0.2, 0) is 4.79 Å². The zero-order chi connectivity index (χ0) is 10.8. The minimum Gasteiger partial charge on any atom is -0.344 e. The lowest BCUT2D eigenvalue weighted by atomic mass is 9.91. The SMILES string of the molecule is N[C@H]1CCCCC1NC(=O)C(F)(F)F. The van der Waals surface area contributed by atoms with E-state index in [1.54, 1.807) is 0 Å². The molecule has 1 rings (SSSR count). The minimum absolute atomic E-state index is 0.352. The van der Waals surface area contributed by atoms with Gasteiger partial charge >= 0.3 is 12.1 Å². The third kappa shape index (κ3) is 2.87. The molecule has 1 aliphatic carbocycles. The maximum atomic E-state index is 11.9. The van der Waals surface area contributed by atoms with Crippen LogP contribution in [0.2, 0.25) is 0 Å². The van der Waals surface area contributed by atoms with Crippen molar-refractivity contribution in [2.75, 3.05) is 0 Å². The summed E-state index contributed by atoms with van der Waals surface area (Å²) in [7, 11) is 0. The molecular formula is C8H13F3N2O. The Morgan fingerprint density at radius 2 is 1.86 bits per heavy atom. The average Bonchev–Trinajstić information content (AvgIpc) is 2.07. The van der Waals surface area contributed by atoms with Crippen molar-refractivity contribution in [2.45, 2.75) is 43.9 Å². The molecule has 14 heavy (non-hydrogen) atoms. The number of alkyl halides is 3. The fourth-order valence-corrected chi connectivity index (χ4v) is 1.59. The van der Waals surface area contributed by atoms with Crippen LogP contribution in [0.3, 0.4) is 0 Å². The smallest absolute Gasteiger partial charge is 0.344 e. The van der Waals surface area contributed by atoms with E-state index in [0.29, 0.717) is 12.8 Å². The van der Waals surface area contributed by atoms with Crippen molar-refractivity contribution in [3.05, 3.63) is 0 Å². The second-order valence-corrected chi connectivity index (χ2v) is 3.53. The lowest BCUT2D eigenvalue weighted by molar-refractivity contribution is -0.174. The van der Waals surface area contributed by atoms with Gasteiger partial charge in [-0.2, -0.15) is 13.2 Å². The van der Waals surface area contributed by atoms with Crippen molar-refractivity contribution >= 4 is 5.91 Å². The van der Waals surface area contributed by atoms with Crippen LogP contribution in [0.25, 0.3) is 0 Å². The van der Waals surface area contributed by atoms with Crippen molar-refractivity contribution in [2.24, 2.45) is 5.73 Å². The standard InChI is InChI=1S/C8H13F3N2O/c9-8(10,11)7(14)13-6-4-2-1-3-5(6)12/h5-6H,1-4,12H2,(H,13,14)/t5-,6?/m0/s1. The van der Waals surface area contributed by atoms with Gasteiger partial charge in [-0.3, -0.25) is 4.79 Å². The summed E-state index contributed by atoms with van der Waals surface area (Å²) in [6.07, 6.45) is -1.88. The van der Waals surface area contributed by atoms with E-state index in [9.17, 15) is 18.0 Å². The molecule has 0 saturated heterocycles. The van der Waals surface area contributed by atoms with Crippen LogP contribution in [0.15, 0.2) is 0 Å². The van der Waals surface area contributed by atoms with Gasteiger partial charge in [-0.05, 0) is 12.8 Å². The van der Waals surface area contributed by atoms with E-state index in [1.807, 2.05) is 5.32 Å². The predicted molar refractivity (Wildman–Crippen MR) is 44.4 cm³/mol. The summed E-state index contributed by atoms with van der Waals surface area (Å²) in [5, 5.41) is 1.92. The topological polar surface area (TPSA) is 55.1 Å². The number of nitrogens with one attached hydrogen (secondary N) is 1. The molecule has 3 nitrogen and oxygen atoms in total. The number of halogens is 3. The molecule has 0 aliphatic heterocycles. The van der Waals surface area contributed by atoms with Crippen LogP contribution < -0.4 is 11.1 Å². The molecule has 2 atom stereocenters.